The first kappa shape index (κ1) is 49.9. The van der Waals surface area contributed by atoms with Crippen molar-refractivity contribution in [1.29, 1.82) is 0 Å². The van der Waals surface area contributed by atoms with Crippen molar-refractivity contribution >= 4 is 43.7 Å². The van der Waals surface area contributed by atoms with E-state index in [2.05, 4.69) is 242 Å². The van der Waals surface area contributed by atoms with Crippen molar-refractivity contribution in [2.45, 2.75) is 131 Å². The van der Waals surface area contributed by atoms with Gasteiger partial charge in [0.25, 0.3) is 0 Å². The van der Waals surface area contributed by atoms with E-state index < -0.39 is 0 Å². The molecule has 5 heteroatoms. The maximum Gasteiger partial charge on any atom is 2.00 e. The van der Waals surface area contributed by atoms with Gasteiger partial charge in [0.1, 0.15) is 0 Å². The van der Waals surface area contributed by atoms with Gasteiger partial charge in [-0.05, 0) is 119 Å². The van der Waals surface area contributed by atoms with Crippen LogP contribution in [0, 0.1) is 6.07 Å². The van der Waals surface area contributed by atoms with Crippen molar-refractivity contribution in [2.24, 2.45) is 0 Å². The van der Waals surface area contributed by atoms with Crippen LogP contribution in [0.2, 0.25) is 0 Å². The van der Waals surface area contributed by atoms with Crippen LogP contribution in [-0.2, 0) is 48.1 Å². The van der Waals surface area contributed by atoms with Crippen molar-refractivity contribution in [2.75, 3.05) is 0 Å². The first-order valence-electron chi connectivity index (χ1n) is 25.1. The Bertz CT molecular complexity index is 3640. The van der Waals surface area contributed by atoms with Crippen molar-refractivity contribution in [3.8, 4) is 50.5 Å². The van der Waals surface area contributed by atoms with Gasteiger partial charge >= 0.3 is 21.1 Å². The smallest absolute Gasteiger partial charge is 0.656 e. The molecule has 0 saturated carbocycles. The largest absolute Gasteiger partial charge is 2.00 e. The van der Waals surface area contributed by atoms with E-state index in [-0.39, 0.29) is 48.1 Å². The van der Waals surface area contributed by atoms with Crippen molar-refractivity contribution < 1.29 is 21.1 Å². The van der Waals surface area contributed by atoms with E-state index in [0.717, 1.165) is 83.4 Å². The van der Waals surface area contributed by atoms with E-state index in [4.69, 9.17) is 15.0 Å². The maximum absolute atomic E-state index is 5.90. The van der Waals surface area contributed by atoms with Crippen LogP contribution in [-0.4, -0.2) is 14.5 Å². The van der Waals surface area contributed by atoms with Crippen LogP contribution < -0.4 is 4.98 Å². The van der Waals surface area contributed by atoms with E-state index in [1.165, 1.54) is 38.6 Å². The first-order valence-corrected chi connectivity index (χ1v) is 25.1. The van der Waals surface area contributed by atoms with Gasteiger partial charge in [0, 0.05) is 23.0 Å². The summed E-state index contributed by atoms with van der Waals surface area (Å²) >= 11 is 0. The second-order valence-corrected chi connectivity index (χ2v) is 24.9. The quantitative estimate of drug-likeness (QED) is 0.161. The SMILES string of the molecule is CC(C)(C)c1ccc(-n2c(-c3[c-]c(-c4cc(-c5ccccc5)cc5cccnc45)cc(C(C)(C)C)c3)nc3c(-c4cc(C(C)(C)C)cc5c4[n-]c4ccc(C(C)(C)C)cc45)cc(C(C)(C)C)cc32)cc1.[Pt+2]. The molecule has 0 amide bonds. The molecule has 0 fully saturated rings. The predicted octanol–water partition coefficient (Wildman–Crippen LogP) is 17.8. The van der Waals surface area contributed by atoms with Crippen LogP contribution in [0.1, 0.15) is 132 Å². The summed E-state index contributed by atoms with van der Waals surface area (Å²) in [4.78, 5) is 16.4. The number of hydrogen-bond donors (Lipinski definition) is 0. The molecule has 71 heavy (non-hydrogen) atoms. The number of hydrogen-bond acceptors (Lipinski definition) is 2. The van der Waals surface area contributed by atoms with Crippen LogP contribution in [0.25, 0.3) is 94.2 Å². The monoisotopic (exact) mass is 1110 g/mol. The molecule has 3 aromatic heterocycles. The van der Waals surface area contributed by atoms with E-state index in [0.29, 0.717) is 0 Å². The van der Waals surface area contributed by atoms with Gasteiger partial charge in [-0.25, -0.2) is 0 Å². The number of rotatable bonds is 5. The van der Waals surface area contributed by atoms with Gasteiger partial charge in [-0.3, -0.25) is 9.97 Å². The van der Waals surface area contributed by atoms with E-state index in [1.807, 2.05) is 12.3 Å². The average molecular weight is 1110 g/mol. The van der Waals surface area contributed by atoms with Gasteiger partial charge in [-0.1, -0.05) is 200 Å². The summed E-state index contributed by atoms with van der Waals surface area (Å²) in [7, 11) is 0. The van der Waals surface area contributed by atoms with Gasteiger partial charge in [0.05, 0.1) is 16.9 Å². The summed E-state index contributed by atoms with van der Waals surface area (Å²) in [5.74, 6) is 0.841. The normalized spacial score (nSPS) is 12.9. The molecule has 7 aromatic carbocycles. The molecule has 0 bridgehead atoms. The molecule has 4 nitrogen and oxygen atoms in total. The number of nitrogens with zero attached hydrogens (tertiary/aromatic N) is 4. The Balaban J connectivity index is 0.00000624. The Kier molecular flexibility index (Phi) is 12.4. The topological polar surface area (TPSA) is 44.8 Å². The molecule has 362 valence electrons. The van der Waals surface area contributed by atoms with Gasteiger partial charge < -0.3 is 9.55 Å². The minimum Gasteiger partial charge on any atom is -0.656 e. The summed E-state index contributed by atoms with van der Waals surface area (Å²) in [6, 6.07) is 53.6. The van der Waals surface area contributed by atoms with Gasteiger partial charge in [0.2, 0.25) is 0 Å². The third-order valence-corrected chi connectivity index (χ3v) is 14.3. The first-order chi connectivity index (χ1) is 32.8. The van der Waals surface area contributed by atoms with Crippen molar-refractivity contribution in [3.63, 3.8) is 0 Å². The molecule has 0 atom stereocenters. The number of fused-ring (bicyclic) bond motifs is 5. The summed E-state index contributed by atoms with van der Waals surface area (Å²) in [6.07, 6.45) is 1.90. The van der Waals surface area contributed by atoms with E-state index >= 15 is 0 Å². The predicted molar refractivity (Wildman–Crippen MR) is 299 cm³/mol. The molecule has 0 unspecified atom stereocenters. The Morgan fingerprint density at radius 1 is 0.451 bits per heavy atom. The molecule has 3 heterocycles. The molecule has 0 aliphatic heterocycles. The van der Waals surface area contributed by atoms with Crippen LogP contribution in [0.15, 0.2) is 140 Å². The van der Waals surface area contributed by atoms with E-state index in [1.54, 1.807) is 0 Å². The molecule has 10 aromatic rings. The number of aromatic nitrogens is 4. The molecule has 0 N–H and O–H groups in total. The Morgan fingerprint density at radius 2 is 1.03 bits per heavy atom. The maximum atomic E-state index is 5.90. The number of pyridine rings is 1. The minimum absolute atomic E-state index is 0. The van der Waals surface area contributed by atoms with Gasteiger partial charge in [-0.2, -0.15) is 0 Å². The Labute approximate surface area is 436 Å². The summed E-state index contributed by atoms with van der Waals surface area (Å²) in [6.45, 7) is 34.5. The molecule has 10 rings (SSSR count). The van der Waals surface area contributed by atoms with Crippen molar-refractivity contribution in [3.05, 3.63) is 174 Å². The third-order valence-electron chi connectivity index (χ3n) is 14.3. The molecular formula is C66H68N4Pt. The molecule has 0 aliphatic rings. The fourth-order valence-electron chi connectivity index (χ4n) is 9.87. The van der Waals surface area contributed by atoms with Gasteiger partial charge in [0.15, 0.2) is 0 Å². The zero-order chi connectivity index (χ0) is 49.9. The van der Waals surface area contributed by atoms with Crippen LogP contribution in [0.3, 0.4) is 0 Å². The van der Waals surface area contributed by atoms with Crippen LogP contribution in [0.4, 0.5) is 0 Å². The van der Waals surface area contributed by atoms with Crippen LogP contribution in [0.5, 0.6) is 0 Å². The molecule has 0 saturated heterocycles. The minimum atomic E-state index is -0.189. The molecular weight excluding hydrogens is 1040 g/mol. The number of benzene rings is 7. The Morgan fingerprint density at radius 3 is 1.68 bits per heavy atom. The fourth-order valence-corrected chi connectivity index (χ4v) is 9.87. The second-order valence-electron chi connectivity index (χ2n) is 24.9. The Hall–Kier alpha value is -6.09. The third kappa shape index (κ3) is 9.34. The van der Waals surface area contributed by atoms with E-state index in [9.17, 15) is 0 Å². The van der Waals surface area contributed by atoms with Crippen molar-refractivity contribution in [1.82, 2.24) is 19.5 Å². The molecule has 0 aliphatic carbocycles. The summed E-state index contributed by atoms with van der Waals surface area (Å²) in [5, 5.41) is 3.47. The number of imidazole rings is 1. The molecule has 0 spiro atoms. The van der Waals surface area contributed by atoms with Gasteiger partial charge in [-0.15, -0.1) is 40.4 Å². The summed E-state index contributed by atoms with van der Waals surface area (Å²) < 4.78 is 2.40. The average Bonchev–Trinajstić information content (AvgIpc) is 3.88. The fraction of sp³-hybridized carbons (Fsp3) is 0.303. The molecule has 0 radical (unpaired) electrons. The van der Waals surface area contributed by atoms with Crippen LogP contribution >= 0.6 is 0 Å². The zero-order valence-corrected chi connectivity index (χ0v) is 46.7. The standard InChI is InChI=1S/C66H68N4.Pt/c1-62(2,3)45-23-26-50(27-24-45)70-57-39-49(66(13,14)15)38-55(54-37-48(65(10,11)12)36-53-52-35-46(63(4,5)6)25-28-56(52)68-59(53)54)60(57)69-61(70)44-31-43(32-47(33-44)64(7,8)9)51-34-42(40-20-17-16-18-21-40)30-41-22-19-29-67-58(41)51;/h16-30,32-39H,1-15H3;/q-2;+2. The zero-order valence-electron chi connectivity index (χ0n) is 44.4. The second kappa shape index (κ2) is 17.6. The summed E-state index contributed by atoms with van der Waals surface area (Å²) in [5.41, 5.74) is 19.3.